The van der Waals surface area contributed by atoms with Gasteiger partial charge in [0.1, 0.15) is 18.1 Å². The van der Waals surface area contributed by atoms with Crippen molar-refractivity contribution in [3.8, 4) is 0 Å². The number of carbonyl (C=O) groups is 2. The molecule has 2 aromatic carbocycles. The summed E-state index contributed by atoms with van der Waals surface area (Å²) in [5, 5.41) is 2.93. The van der Waals surface area contributed by atoms with Crippen LogP contribution >= 0.6 is 0 Å². The molecule has 1 saturated heterocycles. The van der Waals surface area contributed by atoms with Crippen molar-refractivity contribution in [2.45, 2.75) is 45.9 Å². The molecule has 0 bridgehead atoms. The fourth-order valence-electron chi connectivity index (χ4n) is 4.15. The molecule has 0 aliphatic carbocycles. The van der Waals surface area contributed by atoms with E-state index in [2.05, 4.69) is 5.32 Å². The Kier molecular flexibility index (Phi) is 8.21. The van der Waals surface area contributed by atoms with Gasteiger partial charge in [-0.2, -0.15) is 0 Å². The van der Waals surface area contributed by atoms with Crippen molar-refractivity contribution < 1.29 is 18.7 Å². The third kappa shape index (κ3) is 7.20. The lowest BCUT2D eigenvalue weighted by molar-refractivity contribution is -0.133. The van der Waals surface area contributed by atoms with E-state index in [4.69, 9.17) is 9.15 Å². The van der Waals surface area contributed by atoms with Crippen LogP contribution in [0.15, 0.2) is 71.1 Å². The number of nitrogens with zero attached hydrogens (tertiary/aromatic N) is 2. The number of hydrogen-bond donors (Lipinski definition) is 1. The number of carbonyl (C=O) groups excluding carboxylic acids is 2. The molecule has 1 unspecified atom stereocenters. The van der Waals surface area contributed by atoms with Gasteiger partial charge in [0.05, 0.1) is 12.6 Å². The molecule has 3 amide bonds. The van der Waals surface area contributed by atoms with Crippen LogP contribution < -0.4 is 5.32 Å². The Hall–Kier alpha value is -3.58. The van der Waals surface area contributed by atoms with E-state index in [1.807, 2.05) is 80.6 Å². The molecule has 4 rings (SSSR count). The van der Waals surface area contributed by atoms with Gasteiger partial charge in [-0.25, -0.2) is 4.79 Å². The van der Waals surface area contributed by atoms with Crippen LogP contribution in [-0.2, 0) is 22.6 Å². The van der Waals surface area contributed by atoms with Crippen molar-refractivity contribution in [1.29, 1.82) is 0 Å². The first-order valence-electron chi connectivity index (χ1n) is 12.1. The molecule has 35 heavy (non-hydrogen) atoms. The summed E-state index contributed by atoms with van der Waals surface area (Å²) in [6.45, 7) is 5.62. The number of anilines is 1. The first-order valence-corrected chi connectivity index (χ1v) is 12.1. The summed E-state index contributed by atoms with van der Waals surface area (Å²) in [7, 11) is 0. The predicted octanol–water partition coefficient (Wildman–Crippen LogP) is 5.14. The summed E-state index contributed by atoms with van der Waals surface area (Å²) in [5.41, 5.74) is 2.82. The van der Waals surface area contributed by atoms with Gasteiger partial charge in [0.2, 0.25) is 5.91 Å². The molecule has 0 saturated carbocycles. The maximum Gasteiger partial charge on any atom is 0.322 e. The van der Waals surface area contributed by atoms with Crippen LogP contribution in [0, 0.1) is 13.8 Å². The number of furan rings is 1. The predicted molar refractivity (Wildman–Crippen MR) is 135 cm³/mol. The topological polar surface area (TPSA) is 75.0 Å². The zero-order chi connectivity index (χ0) is 24.6. The van der Waals surface area contributed by atoms with Crippen LogP contribution in [0.25, 0.3) is 0 Å². The molecule has 1 aliphatic rings. The average molecular weight is 476 g/mol. The summed E-state index contributed by atoms with van der Waals surface area (Å²) in [6, 6.07) is 20.9. The fraction of sp³-hybridized carbons (Fsp3) is 0.357. The molecule has 1 fully saturated rings. The number of amides is 3. The van der Waals surface area contributed by atoms with Gasteiger partial charge in [0, 0.05) is 25.4 Å². The number of hydrogen-bond acceptors (Lipinski definition) is 4. The maximum atomic E-state index is 13.6. The summed E-state index contributed by atoms with van der Waals surface area (Å²) >= 11 is 0. The Balaban J connectivity index is 1.50. The summed E-state index contributed by atoms with van der Waals surface area (Å²) in [4.78, 5) is 30.1. The third-order valence-corrected chi connectivity index (χ3v) is 6.08. The fourth-order valence-corrected chi connectivity index (χ4v) is 4.15. The second kappa shape index (κ2) is 11.7. The van der Waals surface area contributed by atoms with Crippen molar-refractivity contribution in [3.63, 3.8) is 0 Å². The zero-order valence-corrected chi connectivity index (χ0v) is 20.4. The van der Waals surface area contributed by atoms with Crippen molar-refractivity contribution in [2.24, 2.45) is 0 Å². The largest absolute Gasteiger partial charge is 0.464 e. The molecule has 1 aliphatic heterocycles. The molecule has 1 N–H and O–H groups in total. The zero-order valence-electron chi connectivity index (χ0n) is 20.4. The Morgan fingerprint density at radius 2 is 1.71 bits per heavy atom. The van der Waals surface area contributed by atoms with Gasteiger partial charge >= 0.3 is 6.03 Å². The van der Waals surface area contributed by atoms with Gasteiger partial charge in [-0.15, -0.1) is 0 Å². The van der Waals surface area contributed by atoms with Crippen LogP contribution in [0.5, 0.6) is 0 Å². The highest BCUT2D eigenvalue weighted by Gasteiger charge is 2.27. The monoisotopic (exact) mass is 475 g/mol. The SMILES string of the molecule is Cc1ccc(NC(=O)N(CC(=O)N(Cc2ccccc2)Cc2ccc(C)o2)CC2CCCO2)cc1. The van der Waals surface area contributed by atoms with E-state index in [0.29, 0.717) is 37.7 Å². The van der Waals surface area contributed by atoms with Crippen LogP contribution in [-0.4, -0.2) is 47.5 Å². The van der Waals surface area contributed by atoms with Crippen molar-refractivity contribution in [2.75, 3.05) is 25.0 Å². The van der Waals surface area contributed by atoms with E-state index in [1.165, 1.54) is 0 Å². The number of benzene rings is 2. The van der Waals surface area contributed by atoms with E-state index in [9.17, 15) is 9.59 Å². The summed E-state index contributed by atoms with van der Waals surface area (Å²) in [5.74, 6) is 1.35. The number of ether oxygens (including phenoxy) is 1. The molecule has 7 nitrogen and oxygen atoms in total. The van der Waals surface area contributed by atoms with Gasteiger partial charge in [0.25, 0.3) is 0 Å². The average Bonchev–Trinajstić information content (AvgIpc) is 3.52. The molecular weight excluding hydrogens is 442 g/mol. The van der Waals surface area contributed by atoms with E-state index in [1.54, 1.807) is 9.80 Å². The minimum absolute atomic E-state index is 0.0515. The second-order valence-electron chi connectivity index (χ2n) is 9.06. The van der Waals surface area contributed by atoms with Gasteiger partial charge in [-0.3, -0.25) is 4.79 Å². The lowest BCUT2D eigenvalue weighted by atomic mass is 10.2. The molecule has 7 heteroatoms. The maximum absolute atomic E-state index is 13.6. The molecule has 1 atom stereocenters. The van der Waals surface area contributed by atoms with E-state index < -0.39 is 0 Å². The quantitative estimate of drug-likeness (QED) is 0.465. The molecule has 0 radical (unpaired) electrons. The first kappa shape index (κ1) is 24.5. The molecule has 2 heterocycles. The Labute approximate surface area is 206 Å². The lowest BCUT2D eigenvalue weighted by Gasteiger charge is -2.29. The van der Waals surface area contributed by atoms with Crippen LogP contribution in [0.1, 0.15) is 35.5 Å². The standard InChI is InChI=1S/C28H33N3O4/c1-21-10-13-24(14-11-21)29-28(33)31(18-25-9-6-16-34-25)20-27(32)30(17-23-7-4-3-5-8-23)19-26-15-12-22(2)35-26/h3-5,7-8,10-15,25H,6,9,16-20H2,1-2H3,(H,29,33). The minimum Gasteiger partial charge on any atom is -0.464 e. The lowest BCUT2D eigenvalue weighted by Crippen LogP contribution is -2.46. The number of rotatable bonds is 9. The van der Waals surface area contributed by atoms with Crippen molar-refractivity contribution >= 4 is 17.6 Å². The molecule has 184 valence electrons. The van der Waals surface area contributed by atoms with E-state index in [0.717, 1.165) is 29.7 Å². The highest BCUT2D eigenvalue weighted by Crippen LogP contribution is 2.17. The summed E-state index contributed by atoms with van der Waals surface area (Å²) in [6.07, 6.45) is 1.77. The molecular formula is C28H33N3O4. The molecule has 0 spiro atoms. The Morgan fingerprint density at radius 1 is 0.943 bits per heavy atom. The Morgan fingerprint density at radius 3 is 2.37 bits per heavy atom. The smallest absolute Gasteiger partial charge is 0.322 e. The van der Waals surface area contributed by atoms with Gasteiger partial charge < -0.3 is 24.3 Å². The summed E-state index contributed by atoms with van der Waals surface area (Å²) < 4.78 is 11.5. The number of aryl methyl sites for hydroxylation is 2. The normalized spacial score (nSPS) is 15.1. The Bertz CT molecular complexity index is 1100. The van der Waals surface area contributed by atoms with Crippen LogP contribution in [0.3, 0.4) is 0 Å². The molecule has 1 aromatic heterocycles. The number of urea groups is 1. The minimum atomic E-state index is -0.314. The van der Waals surface area contributed by atoms with Gasteiger partial charge in [-0.05, 0) is 56.5 Å². The number of nitrogens with one attached hydrogen (secondary N) is 1. The van der Waals surface area contributed by atoms with Crippen LogP contribution in [0.2, 0.25) is 0 Å². The molecule has 3 aromatic rings. The van der Waals surface area contributed by atoms with E-state index >= 15 is 0 Å². The highest BCUT2D eigenvalue weighted by atomic mass is 16.5. The van der Waals surface area contributed by atoms with Gasteiger partial charge in [0.15, 0.2) is 0 Å². The van der Waals surface area contributed by atoms with Crippen molar-refractivity contribution in [1.82, 2.24) is 9.80 Å². The van der Waals surface area contributed by atoms with Crippen molar-refractivity contribution in [3.05, 3.63) is 89.4 Å². The second-order valence-corrected chi connectivity index (χ2v) is 9.06. The van der Waals surface area contributed by atoms with Crippen LogP contribution in [0.4, 0.5) is 10.5 Å². The van der Waals surface area contributed by atoms with E-state index in [-0.39, 0.29) is 24.6 Å². The van der Waals surface area contributed by atoms with Gasteiger partial charge in [-0.1, -0.05) is 48.0 Å². The first-order chi connectivity index (χ1) is 17.0. The highest BCUT2D eigenvalue weighted by molar-refractivity contribution is 5.92. The third-order valence-electron chi connectivity index (χ3n) is 6.08.